The van der Waals surface area contributed by atoms with Gasteiger partial charge >= 0.3 is 0 Å². The van der Waals surface area contributed by atoms with Crippen molar-refractivity contribution in [3.8, 4) is 0 Å². The SMILES string of the molecule is CCCCCCCCCCCCCCCC(C)(C)S1(C(C)(C)CCCCCCCCCCCCCCC)C=NN=C1. The van der Waals surface area contributed by atoms with Gasteiger partial charge in [0.2, 0.25) is 0 Å². The minimum Gasteiger partial charge on any atom is -0.153 e. The van der Waals surface area contributed by atoms with Gasteiger partial charge in [-0.2, -0.15) is 20.2 Å². The molecule has 0 amide bonds. The van der Waals surface area contributed by atoms with E-state index in [-0.39, 0.29) is 9.49 Å². The zero-order chi connectivity index (χ0) is 30.1. The molecule has 0 unspecified atom stereocenters. The maximum absolute atomic E-state index is 4.48. The van der Waals surface area contributed by atoms with E-state index in [0.29, 0.717) is 0 Å². The smallest absolute Gasteiger partial charge is 0.0713 e. The fourth-order valence-electron chi connectivity index (χ4n) is 7.02. The fraction of sp³-hybridized carbons (Fsp3) is 0.947. The van der Waals surface area contributed by atoms with Crippen molar-refractivity contribution in [2.75, 3.05) is 0 Å². The first-order valence-corrected chi connectivity index (χ1v) is 20.5. The molecule has 0 fully saturated rings. The summed E-state index contributed by atoms with van der Waals surface area (Å²) in [5.74, 6) is 0. The Morgan fingerprint density at radius 3 is 0.829 bits per heavy atom. The average Bonchev–Trinajstić information content (AvgIpc) is 3.47. The third kappa shape index (κ3) is 16.4. The molecule has 0 aromatic carbocycles. The van der Waals surface area contributed by atoms with E-state index in [1.807, 2.05) is 0 Å². The Labute approximate surface area is 261 Å². The summed E-state index contributed by atoms with van der Waals surface area (Å²) in [7, 11) is -1.13. The number of unbranched alkanes of at least 4 members (excludes halogenated alkanes) is 24. The molecule has 0 bridgehead atoms. The van der Waals surface area contributed by atoms with Gasteiger partial charge in [0.1, 0.15) is 0 Å². The molecule has 2 nitrogen and oxygen atoms in total. The summed E-state index contributed by atoms with van der Waals surface area (Å²) in [5, 5.41) is 8.96. The van der Waals surface area contributed by atoms with Gasteiger partial charge in [-0.05, 0) is 12.8 Å². The van der Waals surface area contributed by atoms with Crippen LogP contribution in [-0.4, -0.2) is 20.6 Å². The molecule has 0 aliphatic carbocycles. The van der Waals surface area contributed by atoms with Crippen molar-refractivity contribution in [3.63, 3.8) is 0 Å². The molecule has 1 rings (SSSR count). The highest BCUT2D eigenvalue weighted by atomic mass is 32.3. The summed E-state index contributed by atoms with van der Waals surface area (Å²) < 4.78 is 0.544. The summed E-state index contributed by atoms with van der Waals surface area (Å²) in [6, 6.07) is 0. The van der Waals surface area contributed by atoms with Gasteiger partial charge in [0.25, 0.3) is 0 Å². The van der Waals surface area contributed by atoms with Crippen LogP contribution in [0.1, 0.15) is 221 Å². The highest BCUT2D eigenvalue weighted by molar-refractivity contribution is 8.55. The Bertz CT molecular complexity index is 595. The number of nitrogens with zero attached hydrogens (tertiary/aromatic N) is 2. The number of hydrogen-bond acceptors (Lipinski definition) is 2. The Morgan fingerprint density at radius 1 is 0.366 bits per heavy atom. The zero-order valence-electron chi connectivity index (χ0n) is 29.3. The van der Waals surface area contributed by atoms with Crippen LogP contribution in [0.15, 0.2) is 10.2 Å². The van der Waals surface area contributed by atoms with Crippen LogP contribution in [0.2, 0.25) is 0 Å². The van der Waals surface area contributed by atoms with Crippen molar-refractivity contribution in [3.05, 3.63) is 0 Å². The predicted molar refractivity (Wildman–Crippen MR) is 193 cm³/mol. The van der Waals surface area contributed by atoms with E-state index in [9.17, 15) is 0 Å². The average molecular weight is 593 g/mol. The van der Waals surface area contributed by atoms with Gasteiger partial charge in [-0.15, -0.1) is 0 Å². The molecule has 244 valence electrons. The lowest BCUT2D eigenvalue weighted by Crippen LogP contribution is -2.42. The molecule has 0 saturated carbocycles. The maximum Gasteiger partial charge on any atom is 0.0713 e. The monoisotopic (exact) mass is 593 g/mol. The van der Waals surface area contributed by atoms with Crippen LogP contribution in [-0.2, 0) is 0 Å². The van der Waals surface area contributed by atoms with Crippen molar-refractivity contribution in [1.29, 1.82) is 0 Å². The molecule has 1 aliphatic rings. The van der Waals surface area contributed by atoms with Gasteiger partial charge in [0.15, 0.2) is 0 Å². The van der Waals surface area contributed by atoms with Crippen LogP contribution in [0.3, 0.4) is 0 Å². The first kappa shape index (κ1) is 38.7. The predicted octanol–water partition coefficient (Wildman–Crippen LogP) is 14.3. The molecular formula is C38H76N2S. The molecule has 1 aliphatic heterocycles. The molecule has 0 aromatic rings. The van der Waals surface area contributed by atoms with Crippen molar-refractivity contribution < 1.29 is 0 Å². The maximum atomic E-state index is 4.48. The van der Waals surface area contributed by atoms with Gasteiger partial charge in [-0.3, -0.25) is 0 Å². The van der Waals surface area contributed by atoms with Gasteiger partial charge in [0, 0.05) is 9.49 Å². The molecule has 0 radical (unpaired) electrons. The summed E-state index contributed by atoms with van der Waals surface area (Å²) in [6.45, 7) is 14.7. The van der Waals surface area contributed by atoms with Gasteiger partial charge in [-0.1, -0.05) is 208 Å². The second kappa shape index (κ2) is 24.1. The highest BCUT2D eigenvalue weighted by Gasteiger charge is 2.49. The molecule has 3 heteroatoms. The Hall–Kier alpha value is -0.310. The first-order chi connectivity index (χ1) is 19.8. The van der Waals surface area contributed by atoms with Crippen LogP contribution in [0.25, 0.3) is 0 Å². The summed E-state index contributed by atoms with van der Waals surface area (Å²) >= 11 is 0. The Balaban J connectivity index is 2.21. The normalized spacial score (nSPS) is 15.7. The van der Waals surface area contributed by atoms with Gasteiger partial charge in [0.05, 0.1) is 11.1 Å². The van der Waals surface area contributed by atoms with Crippen molar-refractivity contribution in [1.82, 2.24) is 0 Å². The van der Waals surface area contributed by atoms with E-state index >= 15 is 0 Å². The van der Waals surface area contributed by atoms with E-state index in [0.717, 1.165) is 0 Å². The molecule has 0 saturated heterocycles. The molecule has 0 aromatic heterocycles. The van der Waals surface area contributed by atoms with E-state index in [1.54, 1.807) is 0 Å². The topological polar surface area (TPSA) is 24.7 Å². The first-order valence-electron chi connectivity index (χ1n) is 18.7. The minimum absolute atomic E-state index is 0.272. The number of rotatable bonds is 30. The van der Waals surface area contributed by atoms with Gasteiger partial charge in [-0.25, -0.2) is 0 Å². The highest BCUT2D eigenvalue weighted by Crippen LogP contribution is 2.68. The molecule has 0 atom stereocenters. The number of hydrogen-bond donors (Lipinski definition) is 0. The molecule has 0 N–H and O–H groups in total. The summed E-state index contributed by atoms with van der Waals surface area (Å²) in [5.41, 5.74) is 4.61. The third-order valence-electron chi connectivity index (χ3n) is 10.1. The largest absolute Gasteiger partial charge is 0.153 e. The van der Waals surface area contributed by atoms with Crippen LogP contribution >= 0.6 is 10.0 Å². The van der Waals surface area contributed by atoms with E-state index in [1.165, 1.54) is 180 Å². The molecular weight excluding hydrogens is 516 g/mol. The Kier molecular flexibility index (Phi) is 22.7. The lowest BCUT2D eigenvalue weighted by atomic mass is 10.0. The van der Waals surface area contributed by atoms with Crippen molar-refractivity contribution >= 4 is 21.1 Å². The lowest BCUT2D eigenvalue weighted by Gasteiger charge is -2.55. The molecule has 41 heavy (non-hydrogen) atoms. The lowest BCUT2D eigenvalue weighted by molar-refractivity contribution is 0.502. The summed E-state index contributed by atoms with van der Waals surface area (Å²) in [4.78, 5) is 0. The summed E-state index contributed by atoms with van der Waals surface area (Å²) in [6.07, 6.45) is 39.7. The minimum atomic E-state index is -1.13. The Morgan fingerprint density at radius 2 is 0.585 bits per heavy atom. The fourth-order valence-corrected chi connectivity index (χ4v) is 11.1. The second-order valence-corrected chi connectivity index (χ2v) is 18.7. The van der Waals surface area contributed by atoms with Gasteiger partial charge < -0.3 is 0 Å². The van der Waals surface area contributed by atoms with Crippen LogP contribution in [0.4, 0.5) is 0 Å². The van der Waals surface area contributed by atoms with E-state index < -0.39 is 10.0 Å². The van der Waals surface area contributed by atoms with E-state index in [4.69, 9.17) is 0 Å². The van der Waals surface area contributed by atoms with Crippen LogP contribution in [0, 0.1) is 0 Å². The van der Waals surface area contributed by atoms with Crippen molar-refractivity contribution in [2.24, 2.45) is 10.2 Å². The molecule has 1 heterocycles. The quantitative estimate of drug-likeness (QED) is 0.0741. The van der Waals surface area contributed by atoms with E-state index in [2.05, 4.69) is 62.8 Å². The molecule has 0 spiro atoms. The van der Waals surface area contributed by atoms with Crippen LogP contribution < -0.4 is 0 Å². The third-order valence-corrected chi connectivity index (χ3v) is 15.0. The van der Waals surface area contributed by atoms with Crippen molar-refractivity contribution in [2.45, 2.75) is 231 Å². The standard InChI is InChI=1S/C38H76N2S/c1-7-9-11-13-15-17-19-21-23-25-27-29-31-33-37(3,4)41(35-39-40-36-41)38(5,6)34-32-30-28-26-24-22-20-18-16-14-12-10-8-2/h35-36H,7-34H2,1-6H3. The second-order valence-electron chi connectivity index (χ2n) is 14.7. The zero-order valence-corrected chi connectivity index (χ0v) is 30.1. The van der Waals surface area contributed by atoms with Crippen LogP contribution in [0.5, 0.6) is 0 Å².